The summed E-state index contributed by atoms with van der Waals surface area (Å²) < 4.78 is 1.36. The lowest BCUT2D eigenvalue weighted by atomic mass is 10.1. The van der Waals surface area contributed by atoms with E-state index in [9.17, 15) is 19.2 Å². The summed E-state index contributed by atoms with van der Waals surface area (Å²) in [4.78, 5) is 47.1. The first kappa shape index (κ1) is 14.8. The van der Waals surface area contributed by atoms with Gasteiger partial charge in [-0.1, -0.05) is 6.07 Å². The van der Waals surface area contributed by atoms with Crippen LogP contribution in [0, 0.1) is 0 Å². The van der Waals surface area contributed by atoms with Crippen LogP contribution in [0.4, 0.5) is 0 Å². The first-order valence-corrected chi connectivity index (χ1v) is 6.43. The predicted molar refractivity (Wildman–Crippen MR) is 71.5 cm³/mol. The zero-order chi connectivity index (χ0) is 15.4. The minimum Gasteiger partial charge on any atom is -0.480 e. The van der Waals surface area contributed by atoms with Gasteiger partial charge in [0.2, 0.25) is 11.8 Å². The molecule has 8 nitrogen and oxygen atoms in total. The molecule has 1 unspecified atom stereocenters. The van der Waals surface area contributed by atoms with Crippen LogP contribution in [-0.2, 0) is 20.9 Å². The number of aryl methyl sites for hydroxylation is 1. The molecule has 0 aliphatic carbocycles. The van der Waals surface area contributed by atoms with Gasteiger partial charge in [-0.05, 0) is 6.07 Å². The molecule has 2 N–H and O–H groups in total. The van der Waals surface area contributed by atoms with Crippen molar-refractivity contribution in [2.75, 3.05) is 13.1 Å². The second kappa shape index (κ2) is 6.21. The number of hydrogen-bond acceptors (Lipinski definition) is 4. The van der Waals surface area contributed by atoms with Crippen molar-refractivity contribution in [2.45, 2.75) is 19.0 Å². The Morgan fingerprint density at radius 1 is 1.33 bits per heavy atom. The second-order valence-corrected chi connectivity index (χ2v) is 4.66. The normalized spacial score (nSPS) is 18.2. The van der Waals surface area contributed by atoms with Crippen LogP contribution in [0.15, 0.2) is 29.2 Å². The van der Waals surface area contributed by atoms with Crippen molar-refractivity contribution in [1.82, 2.24) is 14.8 Å². The molecule has 2 rings (SSSR count). The summed E-state index contributed by atoms with van der Waals surface area (Å²) in [7, 11) is 0. The molecule has 1 saturated heterocycles. The molecule has 0 aromatic carbocycles. The molecule has 0 spiro atoms. The maximum Gasteiger partial charge on any atom is 0.328 e. The third-order valence-corrected chi connectivity index (χ3v) is 3.25. The van der Waals surface area contributed by atoms with Gasteiger partial charge in [-0.3, -0.25) is 14.4 Å². The van der Waals surface area contributed by atoms with E-state index < -0.39 is 23.8 Å². The molecular formula is C13H15N3O5. The number of carboxylic acid groups (broad SMARTS) is 1. The van der Waals surface area contributed by atoms with Gasteiger partial charge in [0, 0.05) is 31.8 Å². The Labute approximate surface area is 120 Å². The van der Waals surface area contributed by atoms with Crippen molar-refractivity contribution in [1.29, 1.82) is 0 Å². The number of carbonyl (C=O) groups is 3. The molecule has 0 radical (unpaired) electrons. The van der Waals surface area contributed by atoms with Gasteiger partial charge in [-0.2, -0.15) is 0 Å². The number of pyridine rings is 1. The van der Waals surface area contributed by atoms with Crippen molar-refractivity contribution in [3.63, 3.8) is 0 Å². The van der Waals surface area contributed by atoms with E-state index in [1.165, 1.54) is 10.6 Å². The van der Waals surface area contributed by atoms with E-state index in [-0.39, 0.29) is 31.6 Å². The number of piperazine rings is 1. The van der Waals surface area contributed by atoms with Crippen molar-refractivity contribution < 1.29 is 19.5 Å². The molecule has 1 aromatic heterocycles. The van der Waals surface area contributed by atoms with Crippen LogP contribution in [0.3, 0.4) is 0 Å². The Morgan fingerprint density at radius 2 is 2.10 bits per heavy atom. The number of rotatable bonds is 4. The van der Waals surface area contributed by atoms with Crippen LogP contribution in [0.2, 0.25) is 0 Å². The summed E-state index contributed by atoms with van der Waals surface area (Å²) in [5.41, 5.74) is -0.239. The summed E-state index contributed by atoms with van der Waals surface area (Å²) in [5.74, 6) is -2.02. The number of nitrogens with zero attached hydrogens (tertiary/aromatic N) is 2. The highest BCUT2D eigenvalue weighted by molar-refractivity contribution is 5.91. The van der Waals surface area contributed by atoms with E-state index in [1.54, 1.807) is 18.3 Å². The van der Waals surface area contributed by atoms with E-state index in [1.807, 2.05) is 0 Å². The van der Waals surface area contributed by atoms with Gasteiger partial charge < -0.3 is 19.9 Å². The van der Waals surface area contributed by atoms with E-state index in [2.05, 4.69) is 5.32 Å². The molecule has 8 heteroatoms. The van der Waals surface area contributed by atoms with Gasteiger partial charge in [0.25, 0.3) is 5.56 Å². The molecule has 1 aliphatic rings. The highest BCUT2D eigenvalue weighted by Crippen LogP contribution is 2.07. The maximum atomic E-state index is 12.1. The largest absolute Gasteiger partial charge is 0.480 e. The minimum atomic E-state index is -1.17. The van der Waals surface area contributed by atoms with Crippen LogP contribution < -0.4 is 10.9 Å². The predicted octanol–water partition coefficient (Wildman–Crippen LogP) is -1.35. The molecule has 2 heterocycles. The highest BCUT2D eigenvalue weighted by atomic mass is 16.4. The highest BCUT2D eigenvalue weighted by Gasteiger charge is 2.34. The van der Waals surface area contributed by atoms with Gasteiger partial charge in [-0.25, -0.2) is 4.79 Å². The third-order valence-electron chi connectivity index (χ3n) is 3.25. The summed E-state index contributed by atoms with van der Waals surface area (Å²) in [5, 5.41) is 11.5. The fourth-order valence-corrected chi connectivity index (χ4v) is 2.13. The monoisotopic (exact) mass is 293 g/mol. The molecule has 1 atom stereocenters. The minimum absolute atomic E-state index is 0.0407. The number of hydrogen-bond donors (Lipinski definition) is 2. The van der Waals surface area contributed by atoms with E-state index in [0.717, 1.165) is 4.90 Å². The smallest absolute Gasteiger partial charge is 0.328 e. The molecule has 1 aliphatic heterocycles. The van der Waals surface area contributed by atoms with Crippen molar-refractivity contribution in [3.8, 4) is 0 Å². The Balaban J connectivity index is 2.04. The van der Waals surface area contributed by atoms with E-state index in [0.29, 0.717) is 0 Å². The van der Waals surface area contributed by atoms with Gasteiger partial charge in [0.05, 0.1) is 0 Å². The number of amides is 2. The Morgan fingerprint density at radius 3 is 2.76 bits per heavy atom. The van der Waals surface area contributed by atoms with Crippen LogP contribution in [0.5, 0.6) is 0 Å². The van der Waals surface area contributed by atoms with Crippen LogP contribution >= 0.6 is 0 Å². The van der Waals surface area contributed by atoms with Crippen molar-refractivity contribution in [2.24, 2.45) is 0 Å². The molecule has 1 fully saturated rings. The topological polar surface area (TPSA) is 109 Å². The molecule has 0 bridgehead atoms. The van der Waals surface area contributed by atoms with Crippen molar-refractivity contribution in [3.05, 3.63) is 34.7 Å². The zero-order valence-electron chi connectivity index (χ0n) is 11.2. The fraction of sp³-hybridized carbons (Fsp3) is 0.385. The van der Waals surface area contributed by atoms with Gasteiger partial charge in [0.15, 0.2) is 0 Å². The standard InChI is InChI=1S/C13H15N3O5/c17-10-8-16(9(7-14-10)13(20)21)12(19)4-6-15-5-2-1-3-11(15)18/h1-3,5,9H,4,6-8H2,(H,14,17)(H,20,21). The summed E-state index contributed by atoms with van der Waals surface area (Å²) in [6, 6.07) is 3.57. The number of aromatic nitrogens is 1. The van der Waals surface area contributed by atoms with Gasteiger partial charge in [-0.15, -0.1) is 0 Å². The average Bonchev–Trinajstić information content (AvgIpc) is 2.45. The van der Waals surface area contributed by atoms with Gasteiger partial charge in [0.1, 0.15) is 12.6 Å². The van der Waals surface area contributed by atoms with Crippen LogP contribution in [0.1, 0.15) is 6.42 Å². The molecule has 2 amide bonds. The Hall–Kier alpha value is -2.64. The molecule has 21 heavy (non-hydrogen) atoms. The first-order valence-electron chi connectivity index (χ1n) is 6.43. The second-order valence-electron chi connectivity index (χ2n) is 4.66. The lowest BCUT2D eigenvalue weighted by Gasteiger charge is -2.32. The average molecular weight is 293 g/mol. The maximum absolute atomic E-state index is 12.1. The number of nitrogens with one attached hydrogen (secondary N) is 1. The van der Waals surface area contributed by atoms with E-state index >= 15 is 0 Å². The van der Waals surface area contributed by atoms with Crippen molar-refractivity contribution >= 4 is 17.8 Å². The van der Waals surface area contributed by atoms with Gasteiger partial charge >= 0.3 is 5.97 Å². The molecule has 0 saturated carbocycles. The molecule has 1 aromatic rings. The SMILES string of the molecule is O=C1CN(C(=O)CCn2ccccc2=O)C(C(=O)O)CN1. The Kier molecular flexibility index (Phi) is 4.36. The molecule has 112 valence electrons. The summed E-state index contributed by atoms with van der Waals surface area (Å²) >= 11 is 0. The quantitative estimate of drug-likeness (QED) is 0.713. The first-order chi connectivity index (χ1) is 9.99. The number of carbonyl (C=O) groups excluding carboxylic acids is 2. The zero-order valence-corrected chi connectivity index (χ0v) is 11.2. The fourth-order valence-electron chi connectivity index (χ4n) is 2.13. The number of aliphatic carboxylic acids is 1. The van der Waals surface area contributed by atoms with Crippen LogP contribution in [-0.4, -0.2) is 51.5 Å². The summed E-state index contributed by atoms with van der Waals surface area (Å²) in [6.45, 7) is -0.242. The lowest BCUT2D eigenvalue weighted by molar-refractivity contribution is -0.154. The molecular weight excluding hydrogens is 278 g/mol. The third kappa shape index (κ3) is 3.47. The summed E-state index contributed by atoms with van der Waals surface area (Å²) in [6.07, 6.45) is 1.51. The Bertz CT molecular complexity index is 624. The number of carboxylic acids is 1. The van der Waals surface area contributed by atoms with Crippen LogP contribution in [0.25, 0.3) is 0 Å². The lowest BCUT2D eigenvalue weighted by Crippen LogP contribution is -2.59. The van der Waals surface area contributed by atoms with E-state index in [4.69, 9.17) is 5.11 Å².